The molecule has 0 bridgehead atoms. The monoisotopic (exact) mass is 317 g/mol. The van der Waals surface area contributed by atoms with Crippen LogP contribution in [0.3, 0.4) is 0 Å². The van der Waals surface area contributed by atoms with Crippen LogP contribution in [-0.4, -0.2) is 44.1 Å². The zero-order valence-electron chi connectivity index (χ0n) is 12.2. The van der Waals surface area contributed by atoms with Crippen LogP contribution in [0.4, 0.5) is 4.39 Å². The van der Waals surface area contributed by atoms with Gasteiger partial charge in [0.25, 0.3) is 0 Å². The molecule has 0 amide bonds. The van der Waals surface area contributed by atoms with Crippen molar-refractivity contribution in [3.63, 3.8) is 0 Å². The number of benzene rings is 1. The van der Waals surface area contributed by atoms with Gasteiger partial charge in [0.1, 0.15) is 5.82 Å². The maximum Gasteiger partial charge on any atom is 0.243 e. The van der Waals surface area contributed by atoms with Gasteiger partial charge in [0.15, 0.2) is 0 Å². The highest BCUT2D eigenvalue weighted by atomic mass is 32.2. The summed E-state index contributed by atoms with van der Waals surface area (Å²) < 4.78 is 45.8. The summed E-state index contributed by atoms with van der Waals surface area (Å²) in [6.07, 6.45) is 1.62. The summed E-state index contributed by atoms with van der Waals surface area (Å²) >= 11 is 0. The van der Waals surface area contributed by atoms with Crippen molar-refractivity contribution in [2.24, 2.45) is 0 Å². The lowest BCUT2D eigenvalue weighted by Gasteiger charge is -2.23. The lowest BCUT2D eigenvalue weighted by Crippen LogP contribution is -2.36. The second kappa shape index (κ2) is 6.39. The van der Waals surface area contributed by atoms with Crippen LogP contribution in [0.25, 0.3) is 0 Å². The minimum Gasteiger partial charge on any atom is -0.392 e. The van der Waals surface area contributed by atoms with E-state index >= 15 is 0 Å². The molecule has 7 heteroatoms. The zero-order valence-corrected chi connectivity index (χ0v) is 13.0. The summed E-state index contributed by atoms with van der Waals surface area (Å²) in [7, 11) is -2.28. The highest BCUT2D eigenvalue weighted by Gasteiger charge is 2.38. The molecule has 0 atom stereocenters. The molecule has 0 unspecified atom stereocenters. The Hall–Kier alpha value is -1.02. The van der Waals surface area contributed by atoms with Gasteiger partial charge < -0.3 is 9.84 Å². The number of nitrogens with zero attached hydrogens (tertiary/aromatic N) is 1. The number of hydrogen-bond acceptors (Lipinski definition) is 4. The molecule has 1 aromatic rings. The minimum atomic E-state index is -3.79. The molecule has 0 heterocycles. The standard InChI is InChI=1S/C14H20FNO4S/c1-10-13(15)7-11(9-17)8-14(10)21(18,19)16(5-6-20-2)12-3-4-12/h7-8,12,17H,3-6,9H2,1-2H3. The Labute approximate surface area is 124 Å². The second-order valence-corrected chi connectivity index (χ2v) is 7.06. The van der Waals surface area contributed by atoms with Crippen molar-refractivity contribution in [2.45, 2.75) is 37.3 Å². The molecule has 1 saturated carbocycles. The Kier molecular flexibility index (Phi) is 4.98. The van der Waals surface area contributed by atoms with Crippen LogP contribution in [-0.2, 0) is 21.4 Å². The third-order valence-corrected chi connectivity index (χ3v) is 5.67. The summed E-state index contributed by atoms with van der Waals surface area (Å²) in [6.45, 7) is 1.57. The highest BCUT2D eigenvalue weighted by molar-refractivity contribution is 7.89. The van der Waals surface area contributed by atoms with Gasteiger partial charge in [-0.25, -0.2) is 12.8 Å². The van der Waals surface area contributed by atoms with E-state index in [9.17, 15) is 12.8 Å². The number of methoxy groups -OCH3 is 1. The van der Waals surface area contributed by atoms with Gasteiger partial charge in [-0.15, -0.1) is 0 Å². The van der Waals surface area contributed by atoms with Gasteiger partial charge in [-0.1, -0.05) is 0 Å². The average Bonchev–Trinajstić information content (AvgIpc) is 3.26. The van der Waals surface area contributed by atoms with Crippen molar-refractivity contribution in [1.29, 1.82) is 0 Å². The van der Waals surface area contributed by atoms with E-state index in [0.717, 1.165) is 18.9 Å². The van der Waals surface area contributed by atoms with Gasteiger partial charge in [-0.3, -0.25) is 0 Å². The van der Waals surface area contributed by atoms with Gasteiger partial charge in [-0.2, -0.15) is 4.31 Å². The van der Waals surface area contributed by atoms with Crippen molar-refractivity contribution < 1.29 is 22.7 Å². The molecule has 1 N–H and O–H groups in total. The van der Waals surface area contributed by atoms with Gasteiger partial charge in [0, 0.05) is 25.3 Å². The molecule has 21 heavy (non-hydrogen) atoms. The molecule has 1 fully saturated rings. The molecule has 0 saturated heterocycles. The Morgan fingerprint density at radius 2 is 2.10 bits per heavy atom. The number of hydrogen-bond donors (Lipinski definition) is 1. The SMILES string of the molecule is COCCN(C1CC1)S(=O)(=O)c1cc(CO)cc(F)c1C. The van der Waals surface area contributed by atoms with Crippen LogP contribution in [0.2, 0.25) is 0 Å². The van der Waals surface area contributed by atoms with Gasteiger partial charge in [0.2, 0.25) is 10.0 Å². The molecular formula is C14H20FNO4S. The predicted octanol–water partition coefficient (Wildman–Crippen LogP) is 1.43. The molecule has 1 aliphatic carbocycles. The summed E-state index contributed by atoms with van der Waals surface area (Å²) in [5.74, 6) is -0.623. The molecule has 0 spiro atoms. The number of ether oxygens (including phenoxy) is 1. The van der Waals surface area contributed by atoms with Crippen molar-refractivity contribution in [3.05, 3.63) is 29.1 Å². The number of sulfonamides is 1. The van der Waals surface area contributed by atoms with Crippen molar-refractivity contribution in [3.8, 4) is 0 Å². The molecule has 1 aromatic carbocycles. The number of rotatable bonds is 7. The summed E-state index contributed by atoms with van der Waals surface area (Å²) in [4.78, 5) is -0.0745. The molecule has 0 radical (unpaired) electrons. The van der Waals surface area contributed by atoms with E-state index in [1.54, 1.807) is 0 Å². The Morgan fingerprint density at radius 3 is 2.62 bits per heavy atom. The minimum absolute atomic E-state index is 0.0367. The van der Waals surface area contributed by atoms with E-state index in [2.05, 4.69) is 0 Å². The molecule has 0 aromatic heterocycles. The summed E-state index contributed by atoms with van der Waals surface area (Å²) in [5, 5.41) is 9.15. The van der Waals surface area contributed by atoms with E-state index in [1.807, 2.05) is 0 Å². The third kappa shape index (κ3) is 3.42. The Morgan fingerprint density at radius 1 is 1.43 bits per heavy atom. The van der Waals surface area contributed by atoms with Crippen LogP contribution in [0, 0.1) is 12.7 Å². The van der Waals surface area contributed by atoms with Crippen molar-refractivity contribution >= 4 is 10.0 Å². The van der Waals surface area contributed by atoms with Crippen LogP contribution >= 0.6 is 0 Å². The summed E-state index contributed by atoms with van der Waals surface area (Å²) in [5.41, 5.74) is 0.328. The predicted molar refractivity (Wildman–Crippen MR) is 75.8 cm³/mol. The van der Waals surface area contributed by atoms with Gasteiger partial charge in [0.05, 0.1) is 18.1 Å². The van der Waals surface area contributed by atoms with Crippen LogP contribution in [0.5, 0.6) is 0 Å². The van der Waals surface area contributed by atoms with Crippen molar-refractivity contribution in [2.75, 3.05) is 20.3 Å². The third-order valence-electron chi connectivity index (χ3n) is 3.60. The van der Waals surface area contributed by atoms with E-state index in [4.69, 9.17) is 9.84 Å². The molecule has 1 aliphatic rings. The lowest BCUT2D eigenvalue weighted by molar-refractivity contribution is 0.177. The highest BCUT2D eigenvalue weighted by Crippen LogP contribution is 2.33. The van der Waals surface area contributed by atoms with Gasteiger partial charge >= 0.3 is 0 Å². The van der Waals surface area contributed by atoms with Crippen LogP contribution in [0.15, 0.2) is 17.0 Å². The largest absolute Gasteiger partial charge is 0.392 e. The van der Waals surface area contributed by atoms with Crippen LogP contribution in [0.1, 0.15) is 24.0 Å². The number of aliphatic hydroxyl groups excluding tert-OH is 1. The Balaban J connectivity index is 2.44. The van der Waals surface area contributed by atoms with Crippen molar-refractivity contribution in [1.82, 2.24) is 4.31 Å². The molecule has 5 nitrogen and oxygen atoms in total. The zero-order chi connectivity index (χ0) is 15.6. The first-order valence-electron chi connectivity index (χ1n) is 6.82. The quantitative estimate of drug-likeness (QED) is 0.826. The fourth-order valence-electron chi connectivity index (χ4n) is 2.24. The van der Waals surface area contributed by atoms with E-state index < -0.39 is 22.4 Å². The second-order valence-electron chi connectivity index (χ2n) is 5.20. The van der Waals surface area contributed by atoms with Crippen LogP contribution < -0.4 is 0 Å². The number of aliphatic hydroxyl groups is 1. The smallest absolute Gasteiger partial charge is 0.243 e. The molecule has 0 aliphatic heterocycles. The Bertz CT molecular complexity index is 614. The fourth-order valence-corrected chi connectivity index (χ4v) is 4.19. The topological polar surface area (TPSA) is 66.8 Å². The molecule has 118 valence electrons. The maximum absolute atomic E-state index is 13.9. The normalized spacial score (nSPS) is 15.7. The van der Waals surface area contributed by atoms with Gasteiger partial charge in [-0.05, 0) is 37.5 Å². The number of halogens is 1. The van der Waals surface area contributed by atoms with E-state index in [1.165, 1.54) is 24.4 Å². The maximum atomic E-state index is 13.9. The van der Waals surface area contributed by atoms with E-state index in [0.29, 0.717) is 0 Å². The lowest BCUT2D eigenvalue weighted by atomic mass is 10.1. The molecule has 2 rings (SSSR count). The first-order valence-corrected chi connectivity index (χ1v) is 8.26. The molecular weight excluding hydrogens is 297 g/mol. The fraction of sp³-hybridized carbons (Fsp3) is 0.571. The van der Waals surface area contributed by atoms with E-state index in [-0.39, 0.29) is 35.2 Å². The summed E-state index contributed by atoms with van der Waals surface area (Å²) in [6, 6.07) is 2.46. The first kappa shape index (κ1) is 16.4. The first-order chi connectivity index (χ1) is 9.91. The average molecular weight is 317 g/mol.